The molecule has 2 aromatic carbocycles. The molecular weight excluding hydrogens is 402 g/mol. The van der Waals surface area contributed by atoms with Crippen LogP contribution in [0.15, 0.2) is 41.3 Å². The van der Waals surface area contributed by atoms with Gasteiger partial charge in [0.25, 0.3) is 5.91 Å². The SMILES string of the molecule is Cc1ccc(S(=O)(=O)CCC(=O)OCC(=O)Nc2ccc(C)c(Cl)c2)cc1C. The van der Waals surface area contributed by atoms with Gasteiger partial charge in [0.2, 0.25) is 0 Å². The van der Waals surface area contributed by atoms with E-state index in [1.54, 1.807) is 30.3 Å². The van der Waals surface area contributed by atoms with Crippen LogP contribution in [0.5, 0.6) is 0 Å². The van der Waals surface area contributed by atoms with Crippen molar-refractivity contribution in [3.63, 3.8) is 0 Å². The van der Waals surface area contributed by atoms with Gasteiger partial charge in [0.05, 0.1) is 17.1 Å². The number of ether oxygens (including phenoxy) is 1. The maximum Gasteiger partial charge on any atom is 0.307 e. The lowest BCUT2D eigenvalue weighted by Crippen LogP contribution is -2.22. The minimum absolute atomic E-state index is 0.164. The molecule has 0 aliphatic carbocycles. The van der Waals surface area contributed by atoms with E-state index in [1.165, 1.54) is 6.07 Å². The zero-order valence-corrected chi connectivity index (χ0v) is 17.5. The van der Waals surface area contributed by atoms with Crippen LogP contribution in [0, 0.1) is 20.8 Å². The summed E-state index contributed by atoms with van der Waals surface area (Å²) >= 11 is 5.98. The van der Waals surface area contributed by atoms with Crippen molar-refractivity contribution in [2.75, 3.05) is 17.7 Å². The number of esters is 1. The smallest absolute Gasteiger partial charge is 0.307 e. The van der Waals surface area contributed by atoms with Crippen LogP contribution in [0.25, 0.3) is 0 Å². The fraction of sp³-hybridized carbons (Fsp3) is 0.300. The van der Waals surface area contributed by atoms with Gasteiger partial charge in [-0.05, 0) is 61.7 Å². The first kappa shape index (κ1) is 21.9. The van der Waals surface area contributed by atoms with Crippen molar-refractivity contribution in [3.8, 4) is 0 Å². The average Bonchev–Trinajstić information content (AvgIpc) is 2.63. The maximum atomic E-state index is 12.3. The van der Waals surface area contributed by atoms with Gasteiger partial charge in [0.15, 0.2) is 16.4 Å². The first-order valence-corrected chi connectivity index (χ1v) is 10.6. The van der Waals surface area contributed by atoms with Crippen molar-refractivity contribution >= 4 is 39.0 Å². The number of carbonyl (C=O) groups is 2. The number of carbonyl (C=O) groups excluding carboxylic acids is 2. The topological polar surface area (TPSA) is 89.5 Å². The van der Waals surface area contributed by atoms with E-state index in [0.717, 1.165) is 16.7 Å². The Morgan fingerprint density at radius 2 is 1.68 bits per heavy atom. The lowest BCUT2D eigenvalue weighted by molar-refractivity contribution is -0.146. The van der Waals surface area contributed by atoms with E-state index in [2.05, 4.69) is 5.32 Å². The minimum Gasteiger partial charge on any atom is -0.456 e. The van der Waals surface area contributed by atoms with Crippen LogP contribution in [-0.2, 0) is 24.2 Å². The summed E-state index contributed by atoms with van der Waals surface area (Å²) in [5.41, 5.74) is 3.20. The highest BCUT2D eigenvalue weighted by Crippen LogP contribution is 2.20. The van der Waals surface area contributed by atoms with Crippen molar-refractivity contribution in [2.24, 2.45) is 0 Å². The molecule has 0 aliphatic rings. The molecule has 0 fully saturated rings. The number of anilines is 1. The molecule has 2 rings (SSSR count). The molecule has 0 unspecified atom stereocenters. The molecule has 0 aliphatic heterocycles. The first-order chi connectivity index (χ1) is 13.1. The molecule has 2 aromatic rings. The summed E-state index contributed by atoms with van der Waals surface area (Å²) in [4.78, 5) is 23.8. The van der Waals surface area contributed by atoms with Crippen molar-refractivity contribution in [2.45, 2.75) is 32.1 Å². The molecule has 0 saturated heterocycles. The lowest BCUT2D eigenvalue weighted by atomic mass is 10.1. The van der Waals surface area contributed by atoms with Crippen molar-refractivity contribution in [3.05, 3.63) is 58.1 Å². The van der Waals surface area contributed by atoms with Gasteiger partial charge in [0, 0.05) is 10.7 Å². The minimum atomic E-state index is -3.61. The van der Waals surface area contributed by atoms with E-state index < -0.39 is 28.3 Å². The van der Waals surface area contributed by atoms with Crippen LogP contribution < -0.4 is 5.32 Å². The summed E-state index contributed by atoms with van der Waals surface area (Å²) < 4.78 is 29.5. The third-order valence-electron chi connectivity index (χ3n) is 4.23. The Hall–Kier alpha value is -2.38. The predicted octanol–water partition coefficient (Wildman–Crippen LogP) is 3.61. The highest BCUT2D eigenvalue weighted by molar-refractivity contribution is 7.91. The molecule has 1 N–H and O–H groups in total. The zero-order chi connectivity index (χ0) is 20.9. The molecule has 28 heavy (non-hydrogen) atoms. The fourth-order valence-electron chi connectivity index (χ4n) is 2.33. The van der Waals surface area contributed by atoms with Gasteiger partial charge in [0.1, 0.15) is 0 Å². The number of aryl methyl sites for hydroxylation is 3. The lowest BCUT2D eigenvalue weighted by Gasteiger charge is -2.09. The number of amides is 1. The molecule has 150 valence electrons. The Morgan fingerprint density at radius 1 is 1.00 bits per heavy atom. The number of rotatable bonds is 7. The highest BCUT2D eigenvalue weighted by atomic mass is 35.5. The van der Waals surface area contributed by atoms with Crippen molar-refractivity contribution in [1.29, 1.82) is 0 Å². The van der Waals surface area contributed by atoms with Gasteiger partial charge in [-0.15, -0.1) is 0 Å². The fourth-order valence-corrected chi connectivity index (χ4v) is 3.81. The molecule has 8 heteroatoms. The van der Waals surface area contributed by atoms with E-state index in [9.17, 15) is 18.0 Å². The second-order valence-electron chi connectivity index (χ2n) is 6.49. The summed E-state index contributed by atoms with van der Waals surface area (Å²) in [6.07, 6.45) is -0.334. The van der Waals surface area contributed by atoms with Gasteiger partial charge in [-0.2, -0.15) is 0 Å². The van der Waals surface area contributed by atoms with Gasteiger partial charge in [-0.3, -0.25) is 9.59 Å². The standard InChI is InChI=1S/C20H22ClNO5S/c1-13-5-7-17(10-15(13)3)28(25,26)9-8-20(24)27-12-19(23)22-16-6-4-14(2)18(21)11-16/h4-7,10-11H,8-9,12H2,1-3H3,(H,22,23). The summed E-state index contributed by atoms with van der Waals surface area (Å²) in [6.45, 7) is 5.04. The number of hydrogen-bond donors (Lipinski definition) is 1. The number of sulfone groups is 1. The van der Waals surface area contributed by atoms with Gasteiger partial charge < -0.3 is 10.1 Å². The van der Waals surface area contributed by atoms with E-state index >= 15 is 0 Å². The summed E-state index contributed by atoms with van der Waals surface area (Å²) in [6, 6.07) is 9.84. The normalized spacial score (nSPS) is 11.1. The summed E-state index contributed by atoms with van der Waals surface area (Å²) in [7, 11) is -3.61. The van der Waals surface area contributed by atoms with Crippen molar-refractivity contribution < 1.29 is 22.7 Å². The summed E-state index contributed by atoms with van der Waals surface area (Å²) in [5, 5.41) is 3.06. The molecule has 0 saturated carbocycles. The number of halogens is 1. The third kappa shape index (κ3) is 6.07. The summed E-state index contributed by atoms with van der Waals surface area (Å²) in [5.74, 6) is -1.68. The quantitative estimate of drug-likeness (QED) is 0.687. The Morgan fingerprint density at radius 3 is 2.32 bits per heavy atom. The zero-order valence-electron chi connectivity index (χ0n) is 15.9. The molecule has 6 nitrogen and oxygen atoms in total. The maximum absolute atomic E-state index is 12.3. The van der Waals surface area contributed by atoms with Gasteiger partial charge >= 0.3 is 5.97 Å². The van der Waals surface area contributed by atoms with E-state index in [-0.39, 0.29) is 17.1 Å². The Kier molecular flexibility index (Phi) is 7.21. The van der Waals surface area contributed by atoms with E-state index in [0.29, 0.717) is 10.7 Å². The van der Waals surface area contributed by atoms with Crippen LogP contribution in [-0.4, -0.2) is 32.7 Å². The Bertz CT molecular complexity index is 1000. The van der Waals surface area contributed by atoms with Crippen molar-refractivity contribution in [1.82, 2.24) is 0 Å². The highest BCUT2D eigenvalue weighted by Gasteiger charge is 2.18. The largest absolute Gasteiger partial charge is 0.456 e. The molecule has 0 atom stereocenters. The number of nitrogens with one attached hydrogen (secondary N) is 1. The molecule has 0 bridgehead atoms. The average molecular weight is 424 g/mol. The Labute approximate surface area is 169 Å². The van der Waals surface area contributed by atoms with Crippen LogP contribution in [0.1, 0.15) is 23.1 Å². The van der Waals surface area contributed by atoms with E-state index in [4.69, 9.17) is 16.3 Å². The number of benzene rings is 2. The van der Waals surface area contributed by atoms with Crippen LogP contribution in [0.3, 0.4) is 0 Å². The van der Waals surface area contributed by atoms with E-state index in [1.807, 2.05) is 20.8 Å². The second kappa shape index (κ2) is 9.21. The Balaban J connectivity index is 1.83. The van der Waals surface area contributed by atoms with Crippen LogP contribution >= 0.6 is 11.6 Å². The molecule has 0 heterocycles. The second-order valence-corrected chi connectivity index (χ2v) is 9.00. The number of hydrogen-bond acceptors (Lipinski definition) is 5. The van der Waals surface area contributed by atoms with Gasteiger partial charge in [-0.25, -0.2) is 8.42 Å². The molecule has 0 aromatic heterocycles. The van der Waals surface area contributed by atoms with Crippen LogP contribution in [0.4, 0.5) is 5.69 Å². The predicted molar refractivity (Wildman–Crippen MR) is 108 cm³/mol. The third-order valence-corrected chi connectivity index (χ3v) is 6.35. The first-order valence-electron chi connectivity index (χ1n) is 8.60. The molecular formula is C20H22ClNO5S. The van der Waals surface area contributed by atoms with Crippen LogP contribution in [0.2, 0.25) is 5.02 Å². The monoisotopic (exact) mass is 423 g/mol. The molecule has 0 radical (unpaired) electrons. The van der Waals surface area contributed by atoms with Gasteiger partial charge in [-0.1, -0.05) is 23.7 Å². The molecule has 0 spiro atoms. The molecule has 1 amide bonds.